The second-order valence-electron chi connectivity index (χ2n) is 3.66. The van der Waals surface area contributed by atoms with Crippen molar-refractivity contribution in [2.45, 2.75) is 6.42 Å². The highest BCUT2D eigenvalue weighted by molar-refractivity contribution is 6.13. The normalized spacial score (nSPS) is 10.2. The number of rotatable bonds is 4. The minimum absolute atomic E-state index is 0.143. The van der Waals surface area contributed by atoms with Gasteiger partial charge in [-0.25, -0.2) is 0 Å². The number of pyridine rings is 1. The van der Waals surface area contributed by atoms with E-state index in [1.54, 1.807) is 25.4 Å². The Morgan fingerprint density at radius 1 is 1.18 bits per heavy atom. The number of carbonyl (C=O) groups is 2. The molecule has 0 aliphatic rings. The lowest BCUT2D eigenvalue weighted by molar-refractivity contribution is 0.0894. The largest absolute Gasteiger partial charge is 0.294 e. The van der Waals surface area contributed by atoms with Crippen molar-refractivity contribution in [3.63, 3.8) is 0 Å². The molecule has 0 saturated carbocycles. The molecule has 0 bridgehead atoms. The van der Waals surface area contributed by atoms with Gasteiger partial charge in [0.2, 0.25) is 0 Å². The molecular weight excluding hydrogens is 218 g/mol. The molecule has 2 aromatic rings. The first-order valence-corrected chi connectivity index (χ1v) is 5.12. The smallest absolute Gasteiger partial charge is 0.173 e. The van der Waals surface area contributed by atoms with E-state index in [-0.39, 0.29) is 18.0 Å². The summed E-state index contributed by atoms with van der Waals surface area (Å²) in [4.78, 5) is 27.3. The first-order valence-electron chi connectivity index (χ1n) is 5.12. The molecule has 0 fully saturated rings. The summed E-state index contributed by atoms with van der Waals surface area (Å²) in [6.07, 6.45) is 5.98. The molecule has 0 aliphatic heterocycles. The fraction of sp³-hybridized carbons (Fsp3) is 0.167. The monoisotopic (exact) mass is 229 g/mol. The molecule has 0 amide bonds. The van der Waals surface area contributed by atoms with Crippen LogP contribution in [0.3, 0.4) is 0 Å². The Morgan fingerprint density at radius 2 is 1.82 bits per heavy atom. The van der Waals surface area contributed by atoms with Gasteiger partial charge < -0.3 is 0 Å². The van der Waals surface area contributed by atoms with Gasteiger partial charge in [0, 0.05) is 31.2 Å². The number of carbonyl (C=O) groups excluding carboxylic acids is 2. The molecule has 0 spiro atoms. The summed E-state index contributed by atoms with van der Waals surface area (Å²) in [5.74, 6) is -0.429. The molecule has 2 aromatic heterocycles. The molecule has 17 heavy (non-hydrogen) atoms. The standard InChI is InChI=1S/C12H11N3O2/c1-15-8-10(7-14-15)12(17)6-11(16)9-2-4-13-5-3-9/h2-5,7-8H,6H2,1H3. The molecule has 5 heteroatoms. The second kappa shape index (κ2) is 4.69. The summed E-state index contributed by atoms with van der Waals surface area (Å²) < 4.78 is 1.53. The first kappa shape index (κ1) is 11.2. The van der Waals surface area contributed by atoms with Gasteiger partial charge in [-0.2, -0.15) is 5.10 Å². The van der Waals surface area contributed by atoms with Gasteiger partial charge >= 0.3 is 0 Å². The van der Waals surface area contributed by atoms with Gasteiger partial charge in [-0.05, 0) is 12.1 Å². The van der Waals surface area contributed by atoms with E-state index in [1.807, 2.05) is 0 Å². The van der Waals surface area contributed by atoms with Crippen LogP contribution < -0.4 is 0 Å². The SMILES string of the molecule is Cn1cc(C(=O)CC(=O)c2ccncc2)cn1. The molecule has 2 heterocycles. The van der Waals surface area contributed by atoms with Crippen LogP contribution in [-0.4, -0.2) is 26.3 Å². The van der Waals surface area contributed by atoms with E-state index in [1.165, 1.54) is 23.3 Å². The number of hydrogen-bond acceptors (Lipinski definition) is 4. The minimum Gasteiger partial charge on any atom is -0.294 e. The number of ketones is 2. The number of Topliss-reactive ketones (excluding diaryl/α,β-unsaturated/α-hetero) is 2. The van der Waals surface area contributed by atoms with E-state index in [0.717, 1.165) is 0 Å². The highest BCUT2D eigenvalue weighted by Crippen LogP contribution is 2.07. The minimum atomic E-state index is -0.222. The van der Waals surface area contributed by atoms with E-state index < -0.39 is 0 Å². The quantitative estimate of drug-likeness (QED) is 0.585. The zero-order chi connectivity index (χ0) is 12.3. The highest BCUT2D eigenvalue weighted by Gasteiger charge is 2.14. The molecular formula is C12H11N3O2. The van der Waals surface area contributed by atoms with Gasteiger partial charge in [-0.3, -0.25) is 19.3 Å². The molecule has 0 atom stereocenters. The molecule has 0 radical (unpaired) electrons. The number of aromatic nitrogens is 3. The number of hydrogen-bond donors (Lipinski definition) is 0. The molecule has 0 saturated heterocycles. The lowest BCUT2D eigenvalue weighted by Crippen LogP contribution is -2.08. The maximum atomic E-state index is 11.8. The van der Waals surface area contributed by atoms with E-state index in [4.69, 9.17) is 0 Å². The number of aryl methyl sites for hydroxylation is 1. The van der Waals surface area contributed by atoms with Crippen molar-refractivity contribution in [1.82, 2.24) is 14.8 Å². The van der Waals surface area contributed by atoms with Crippen molar-refractivity contribution in [3.8, 4) is 0 Å². The van der Waals surface area contributed by atoms with Crippen molar-refractivity contribution in [2.75, 3.05) is 0 Å². The maximum absolute atomic E-state index is 11.8. The van der Waals surface area contributed by atoms with E-state index in [0.29, 0.717) is 11.1 Å². The van der Waals surface area contributed by atoms with E-state index in [2.05, 4.69) is 10.1 Å². The van der Waals surface area contributed by atoms with Gasteiger partial charge in [0.1, 0.15) is 0 Å². The van der Waals surface area contributed by atoms with Crippen molar-refractivity contribution in [3.05, 3.63) is 48.0 Å². The molecule has 0 N–H and O–H groups in total. The molecule has 0 aromatic carbocycles. The predicted molar refractivity (Wildman–Crippen MR) is 60.7 cm³/mol. The Morgan fingerprint density at radius 3 is 2.41 bits per heavy atom. The summed E-state index contributed by atoms with van der Waals surface area (Å²) in [5, 5.41) is 3.89. The fourth-order valence-electron chi connectivity index (χ4n) is 1.45. The third kappa shape index (κ3) is 2.63. The van der Waals surface area contributed by atoms with Crippen LogP contribution in [0.4, 0.5) is 0 Å². The molecule has 5 nitrogen and oxygen atoms in total. The lowest BCUT2D eigenvalue weighted by atomic mass is 10.0. The summed E-state index contributed by atoms with van der Waals surface area (Å²) in [6.45, 7) is 0. The van der Waals surface area contributed by atoms with Crippen molar-refractivity contribution < 1.29 is 9.59 Å². The number of nitrogens with zero attached hydrogens (tertiary/aromatic N) is 3. The van der Waals surface area contributed by atoms with Crippen molar-refractivity contribution in [1.29, 1.82) is 0 Å². The predicted octanol–water partition coefficient (Wildman–Crippen LogP) is 1.27. The van der Waals surface area contributed by atoms with Crippen LogP contribution in [0.25, 0.3) is 0 Å². The van der Waals surface area contributed by atoms with Crippen LogP contribution in [0, 0.1) is 0 Å². The molecule has 0 aliphatic carbocycles. The highest BCUT2D eigenvalue weighted by atomic mass is 16.1. The average molecular weight is 229 g/mol. The van der Waals surface area contributed by atoms with Crippen LogP contribution in [0.5, 0.6) is 0 Å². The van der Waals surface area contributed by atoms with Crippen LogP contribution in [0.2, 0.25) is 0 Å². The van der Waals surface area contributed by atoms with Crippen molar-refractivity contribution >= 4 is 11.6 Å². The van der Waals surface area contributed by atoms with Gasteiger partial charge in [0.15, 0.2) is 11.6 Å². The zero-order valence-corrected chi connectivity index (χ0v) is 9.33. The van der Waals surface area contributed by atoms with E-state index >= 15 is 0 Å². The summed E-state index contributed by atoms with van der Waals surface area (Å²) >= 11 is 0. The Hall–Kier alpha value is -2.30. The second-order valence-corrected chi connectivity index (χ2v) is 3.66. The summed E-state index contributed by atoms with van der Waals surface area (Å²) in [6, 6.07) is 3.19. The maximum Gasteiger partial charge on any atom is 0.173 e. The molecule has 86 valence electrons. The van der Waals surface area contributed by atoms with Gasteiger partial charge in [-0.1, -0.05) is 0 Å². The van der Waals surface area contributed by atoms with E-state index in [9.17, 15) is 9.59 Å². The topological polar surface area (TPSA) is 64.8 Å². The van der Waals surface area contributed by atoms with Crippen molar-refractivity contribution in [2.24, 2.45) is 7.05 Å². The molecule has 0 unspecified atom stereocenters. The van der Waals surface area contributed by atoms with Gasteiger partial charge in [-0.15, -0.1) is 0 Å². The third-order valence-corrected chi connectivity index (χ3v) is 2.35. The Kier molecular flexibility index (Phi) is 3.09. The van der Waals surface area contributed by atoms with Crippen LogP contribution in [0.15, 0.2) is 36.9 Å². The Bertz CT molecular complexity index is 546. The first-order chi connectivity index (χ1) is 8.16. The Labute approximate surface area is 98.1 Å². The third-order valence-electron chi connectivity index (χ3n) is 2.35. The van der Waals surface area contributed by atoms with Gasteiger partial charge in [0.05, 0.1) is 18.2 Å². The Balaban J connectivity index is 2.07. The fourth-order valence-corrected chi connectivity index (χ4v) is 1.45. The van der Waals surface area contributed by atoms with Crippen LogP contribution >= 0.6 is 0 Å². The summed E-state index contributed by atoms with van der Waals surface area (Å²) in [7, 11) is 1.72. The lowest BCUT2D eigenvalue weighted by Gasteiger charge is -1.98. The molecule has 2 rings (SSSR count). The van der Waals surface area contributed by atoms with Crippen LogP contribution in [-0.2, 0) is 7.05 Å². The van der Waals surface area contributed by atoms with Crippen LogP contribution in [0.1, 0.15) is 27.1 Å². The average Bonchev–Trinajstić information content (AvgIpc) is 2.77. The zero-order valence-electron chi connectivity index (χ0n) is 9.33. The van der Waals surface area contributed by atoms with Gasteiger partial charge in [0.25, 0.3) is 0 Å². The summed E-state index contributed by atoms with van der Waals surface area (Å²) in [5.41, 5.74) is 0.951.